The summed E-state index contributed by atoms with van der Waals surface area (Å²) in [6.45, 7) is 12.9. The average Bonchev–Trinajstić information content (AvgIpc) is 2.25. The summed E-state index contributed by atoms with van der Waals surface area (Å²) in [5, 5.41) is 0. The van der Waals surface area contributed by atoms with Crippen LogP contribution >= 0.6 is 0 Å². The highest BCUT2D eigenvalue weighted by Gasteiger charge is 2.18. The van der Waals surface area contributed by atoms with Crippen LogP contribution in [-0.4, -0.2) is 0 Å². The molecule has 20 heavy (non-hydrogen) atoms. The molecule has 0 saturated carbocycles. The molecule has 0 fully saturated rings. The van der Waals surface area contributed by atoms with Crippen molar-refractivity contribution in [3.8, 4) is 0 Å². The van der Waals surface area contributed by atoms with E-state index in [1.54, 1.807) is 0 Å². The van der Waals surface area contributed by atoms with Gasteiger partial charge in [0.2, 0.25) is 0 Å². The first-order valence-corrected chi connectivity index (χ1v) is 7.22. The molecule has 2 N–H and O–H groups in total. The van der Waals surface area contributed by atoms with Crippen LogP contribution in [0.2, 0.25) is 0 Å². The molecule has 0 amide bonds. The number of aryl methyl sites for hydroxylation is 6. The summed E-state index contributed by atoms with van der Waals surface area (Å²) >= 11 is 0. The van der Waals surface area contributed by atoms with E-state index in [1.165, 1.54) is 44.5 Å². The molecule has 0 aliphatic rings. The van der Waals surface area contributed by atoms with Crippen LogP contribution in [0.4, 0.5) is 0 Å². The molecular weight excluding hydrogens is 242 g/mol. The summed E-state index contributed by atoms with van der Waals surface area (Å²) in [5.41, 5.74) is 16.9. The molecule has 1 nitrogen and oxygen atoms in total. The van der Waals surface area contributed by atoms with Gasteiger partial charge >= 0.3 is 0 Å². The van der Waals surface area contributed by atoms with E-state index in [9.17, 15) is 0 Å². The number of hydrogen-bond acceptors (Lipinski definition) is 1. The molecule has 0 radical (unpaired) electrons. The normalized spacial score (nSPS) is 11.2. The molecule has 2 aromatic rings. The van der Waals surface area contributed by atoms with Crippen LogP contribution < -0.4 is 5.73 Å². The Morgan fingerprint density at radius 1 is 0.600 bits per heavy atom. The summed E-state index contributed by atoms with van der Waals surface area (Å²) in [6, 6.07) is 8.85. The fourth-order valence-corrected chi connectivity index (χ4v) is 3.51. The van der Waals surface area contributed by atoms with Crippen LogP contribution in [0.1, 0.15) is 50.5 Å². The largest absolute Gasteiger partial charge is 0.320 e. The third-order valence-electron chi connectivity index (χ3n) is 4.10. The van der Waals surface area contributed by atoms with Crippen molar-refractivity contribution < 1.29 is 0 Å². The van der Waals surface area contributed by atoms with Gasteiger partial charge in [-0.1, -0.05) is 35.4 Å². The Morgan fingerprint density at radius 2 is 0.850 bits per heavy atom. The Morgan fingerprint density at radius 3 is 1.10 bits per heavy atom. The lowest BCUT2D eigenvalue weighted by Crippen LogP contribution is -2.17. The van der Waals surface area contributed by atoms with Gasteiger partial charge in [-0.2, -0.15) is 0 Å². The second kappa shape index (κ2) is 5.41. The van der Waals surface area contributed by atoms with Crippen LogP contribution in [0.5, 0.6) is 0 Å². The first kappa shape index (κ1) is 14.8. The zero-order valence-electron chi connectivity index (χ0n) is 13.5. The van der Waals surface area contributed by atoms with E-state index in [2.05, 4.69) is 65.8 Å². The lowest BCUT2D eigenvalue weighted by atomic mass is 9.86. The second-order valence-corrected chi connectivity index (χ2v) is 6.10. The third kappa shape index (κ3) is 2.64. The molecule has 0 saturated heterocycles. The molecular formula is C19H25N. The Labute approximate surface area is 122 Å². The molecule has 0 unspecified atom stereocenters. The Balaban J connectivity index is 2.61. The lowest BCUT2D eigenvalue weighted by molar-refractivity contribution is 0.832. The fraction of sp³-hybridized carbons (Fsp3) is 0.368. The molecule has 106 valence electrons. The number of hydrogen-bond donors (Lipinski definition) is 1. The zero-order chi connectivity index (χ0) is 15.0. The van der Waals surface area contributed by atoms with Gasteiger partial charge in [-0.25, -0.2) is 0 Å². The number of benzene rings is 2. The monoisotopic (exact) mass is 267 g/mol. The van der Waals surface area contributed by atoms with Gasteiger partial charge in [0.15, 0.2) is 0 Å². The van der Waals surface area contributed by atoms with Gasteiger partial charge in [-0.3, -0.25) is 0 Å². The fourth-order valence-electron chi connectivity index (χ4n) is 3.51. The minimum Gasteiger partial charge on any atom is -0.320 e. The quantitative estimate of drug-likeness (QED) is 0.846. The van der Waals surface area contributed by atoms with Crippen LogP contribution in [0.15, 0.2) is 24.3 Å². The average molecular weight is 267 g/mol. The van der Waals surface area contributed by atoms with Crippen LogP contribution in [-0.2, 0) is 0 Å². The van der Waals surface area contributed by atoms with Gasteiger partial charge in [-0.05, 0) is 74.9 Å². The SMILES string of the molecule is Cc1cc(C)c(C(N)c2c(C)cc(C)cc2C)c(C)c1. The van der Waals surface area contributed by atoms with E-state index >= 15 is 0 Å². The second-order valence-electron chi connectivity index (χ2n) is 6.10. The van der Waals surface area contributed by atoms with Gasteiger partial charge in [0.05, 0.1) is 6.04 Å². The molecule has 0 atom stereocenters. The Kier molecular flexibility index (Phi) is 4.01. The predicted octanol–water partition coefficient (Wildman–Crippen LogP) is 4.59. The Bertz CT molecular complexity index is 549. The summed E-state index contributed by atoms with van der Waals surface area (Å²) in [4.78, 5) is 0. The summed E-state index contributed by atoms with van der Waals surface area (Å²) in [7, 11) is 0. The van der Waals surface area contributed by atoms with Crippen molar-refractivity contribution in [1.29, 1.82) is 0 Å². The van der Waals surface area contributed by atoms with Crippen LogP contribution in [0.25, 0.3) is 0 Å². The first-order valence-electron chi connectivity index (χ1n) is 7.22. The van der Waals surface area contributed by atoms with E-state index in [0.717, 1.165) is 0 Å². The topological polar surface area (TPSA) is 26.0 Å². The minimum absolute atomic E-state index is 0.0452. The molecule has 0 spiro atoms. The number of nitrogens with two attached hydrogens (primary N) is 1. The molecule has 0 heterocycles. The number of rotatable bonds is 2. The summed E-state index contributed by atoms with van der Waals surface area (Å²) in [5.74, 6) is 0. The van der Waals surface area contributed by atoms with Gasteiger partial charge in [0.25, 0.3) is 0 Å². The van der Waals surface area contributed by atoms with E-state index in [0.29, 0.717) is 0 Å². The molecule has 0 aromatic heterocycles. The highest BCUT2D eigenvalue weighted by atomic mass is 14.6. The minimum atomic E-state index is -0.0452. The zero-order valence-corrected chi connectivity index (χ0v) is 13.5. The highest BCUT2D eigenvalue weighted by Crippen LogP contribution is 2.31. The van der Waals surface area contributed by atoms with Crippen molar-refractivity contribution in [3.05, 3.63) is 68.8 Å². The van der Waals surface area contributed by atoms with Crippen molar-refractivity contribution in [1.82, 2.24) is 0 Å². The molecule has 2 aromatic carbocycles. The predicted molar refractivity (Wildman–Crippen MR) is 87.3 cm³/mol. The van der Waals surface area contributed by atoms with E-state index in [4.69, 9.17) is 5.73 Å². The maximum Gasteiger partial charge on any atom is 0.0562 e. The van der Waals surface area contributed by atoms with Crippen molar-refractivity contribution in [3.63, 3.8) is 0 Å². The standard InChI is InChI=1S/C19H25N/c1-11-7-13(3)17(14(4)8-11)19(20)18-15(5)9-12(2)10-16(18)6/h7-10,19H,20H2,1-6H3. The van der Waals surface area contributed by atoms with Gasteiger partial charge in [0, 0.05) is 0 Å². The van der Waals surface area contributed by atoms with Crippen LogP contribution in [0.3, 0.4) is 0 Å². The molecule has 0 aliphatic carbocycles. The van der Waals surface area contributed by atoms with Gasteiger partial charge < -0.3 is 5.73 Å². The molecule has 1 heteroatoms. The lowest BCUT2D eigenvalue weighted by Gasteiger charge is -2.23. The summed E-state index contributed by atoms with van der Waals surface area (Å²) in [6.07, 6.45) is 0. The van der Waals surface area contributed by atoms with E-state index in [-0.39, 0.29) is 6.04 Å². The van der Waals surface area contributed by atoms with Crippen LogP contribution in [0, 0.1) is 41.5 Å². The van der Waals surface area contributed by atoms with Crippen molar-refractivity contribution in [2.45, 2.75) is 47.6 Å². The Hall–Kier alpha value is -1.60. The van der Waals surface area contributed by atoms with Crippen molar-refractivity contribution in [2.75, 3.05) is 0 Å². The van der Waals surface area contributed by atoms with Crippen molar-refractivity contribution in [2.24, 2.45) is 5.73 Å². The molecule has 0 bridgehead atoms. The van der Waals surface area contributed by atoms with E-state index in [1.807, 2.05) is 0 Å². The summed E-state index contributed by atoms with van der Waals surface area (Å²) < 4.78 is 0. The molecule has 2 rings (SSSR count). The molecule has 0 aliphatic heterocycles. The van der Waals surface area contributed by atoms with Gasteiger partial charge in [-0.15, -0.1) is 0 Å². The van der Waals surface area contributed by atoms with Gasteiger partial charge in [0.1, 0.15) is 0 Å². The van der Waals surface area contributed by atoms with E-state index < -0.39 is 0 Å². The highest BCUT2D eigenvalue weighted by molar-refractivity contribution is 5.49. The maximum absolute atomic E-state index is 6.62. The third-order valence-corrected chi connectivity index (χ3v) is 4.10. The maximum atomic E-state index is 6.62. The van der Waals surface area contributed by atoms with Crippen molar-refractivity contribution >= 4 is 0 Å². The first-order chi connectivity index (χ1) is 9.31. The smallest absolute Gasteiger partial charge is 0.0562 e.